The fourth-order valence-corrected chi connectivity index (χ4v) is 3.17. The van der Waals surface area contributed by atoms with E-state index in [4.69, 9.17) is 14.2 Å². The summed E-state index contributed by atoms with van der Waals surface area (Å²) in [4.78, 5) is 4.13. The van der Waals surface area contributed by atoms with Gasteiger partial charge in [-0.15, -0.1) is 10.2 Å². The number of halogens is 2. The minimum atomic E-state index is -0.882. The zero-order valence-corrected chi connectivity index (χ0v) is 15.0. The van der Waals surface area contributed by atoms with Crippen LogP contribution in [0.3, 0.4) is 0 Å². The molecule has 5 rings (SSSR count). The number of hydrogen-bond donors (Lipinski definition) is 0. The van der Waals surface area contributed by atoms with Gasteiger partial charge in [0.05, 0.1) is 24.6 Å². The first-order valence-electron chi connectivity index (χ1n) is 8.85. The van der Waals surface area contributed by atoms with Gasteiger partial charge in [0.1, 0.15) is 0 Å². The maximum Gasteiger partial charge on any atom is 0.231 e. The van der Waals surface area contributed by atoms with Gasteiger partial charge in [0.15, 0.2) is 34.6 Å². The molecule has 3 heterocycles. The zero-order valence-electron chi connectivity index (χ0n) is 15.0. The second kappa shape index (κ2) is 7.01. The molecule has 2 aromatic heterocycles. The van der Waals surface area contributed by atoms with Crippen LogP contribution in [0.2, 0.25) is 0 Å². The van der Waals surface area contributed by atoms with E-state index in [1.54, 1.807) is 16.8 Å². The summed E-state index contributed by atoms with van der Waals surface area (Å²) in [7, 11) is 0. The van der Waals surface area contributed by atoms with Crippen molar-refractivity contribution in [2.24, 2.45) is 0 Å². The lowest BCUT2D eigenvalue weighted by Gasteiger charge is -2.10. The Morgan fingerprint density at radius 3 is 2.86 bits per heavy atom. The monoisotopic (exact) mass is 396 g/mol. The molecule has 2 aromatic carbocycles. The number of aromatic nitrogens is 4. The van der Waals surface area contributed by atoms with Gasteiger partial charge in [0, 0.05) is 6.42 Å². The van der Waals surface area contributed by atoms with Crippen molar-refractivity contribution in [1.29, 1.82) is 0 Å². The SMILES string of the molecule is Fc1ccc(CCOc2cncc3nnc(-c4cccc5c4OCO5)n23)cc1F. The van der Waals surface area contributed by atoms with Gasteiger partial charge >= 0.3 is 0 Å². The molecule has 0 spiro atoms. The summed E-state index contributed by atoms with van der Waals surface area (Å²) < 4.78 is 45.0. The lowest BCUT2D eigenvalue weighted by atomic mass is 10.1. The fourth-order valence-electron chi connectivity index (χ4n) is 3.17. The first-order valence-corrected chi connectivity index (χ1v) is 8.85. The van der Waals surface area contributed by atoms with Crippen molar-refractivity contribution < 1.29 is 23.0 Å². The van der Waals surface area contributed by atoms with Crippen LogP contribution in [0.25, 0.3) is 17.0 Å². The minimum Gasteiger partial charge on any atom is -0.477 e. The Morgan fingerprint density at radius 1 is 1.03 bits per heavy atom. The number of rotatable bonds is 5. The molecule has 0 fully saturated rings. The van der Waals surface area contributed by atoms with Crippen molar-refractivity contribution in [1.82, 2.24) is 19.6 Å². The molecule has 0 amide bonds. The van der Waals surface area contributed by atoms with Crippen LogP contribution in [0.15, 0.2) is 48.8 Å². The molecule has 1 aliphatic rings. The number of benzene rings is 2. The Labute approximate surface area is 163 Å². The topological polar surface area (TPSA) is 70.8 Å². The van der Waals surface area contributed by atoms with E-state index in [1.165, 1.54) is 6.07 Å². The van der Waals surface area contributed by atoms with Gasteiger partial charge in [-0.25, -0.2) is 13.2 Å². The highest BCUT2D eigenvalue weighted by Crippen LogP contribution is 2.41. The van der Waals surface area contributed by atoms with Crippen molar-refractivity contribution in [3.8, 4) is 28.8 Å². The predicted molar refractivity (Wildman–Crippen MR) is 97.9 cm³/mol. The molecule has 0 bridgehead atoms. The van der Waals surface area contributed by atoms with Crippen LogP contribution in [-0.2, 0) is 6.42 Å². The second-order valence-corrected chi connectivity index (χ2v) is 6.35. The molecule has 0 saturated carbocycles. The summed E-state index contributed by atoms with van der Waals surface area (Å²) in [6.45, 7) is 0.373. The quantitative estimate of drug-likeness (QED) is 0.515. The third kappa shape index (κ3) is 3.10. The highest BCUT2D eigenvalue weighted by atomic mass is 19.2. The van der Waals surface area contributed by atoms with Crippen molar-refractivity contribution in [2.75, 3.05) is 13.4 Å². The van der Waals surface area contributed by atoms with Crippen molar-refractivity contribution in [2.45, 2.75) is 6.42 Å². The Kier molecular flexibility index (Phi) is 4.19. The predicted octanol–water partition coefficient (Wildman–Crippen LogP) is 3.42. The Hall–Kier alpha value is -3.75. The maximum atomic E-state index is 13.4. The molecule has 0 unspecified atom stereocenters. The summed E-state index contributed by atoms with van der Waals surface area (Å²) in [6.07, 6.45) is 3.51. The van der Waals surface area contributed by atoms with Crippen LogP contribution < -0.4 is 14.2 Å². The van der Waals surface area contributed by atoms with E-state index in [0.29, 0.717) is 46.4 Å². The lowest BCUT2D eigenvalue weighted by molar-refractivity contribution is 0.174. The van der Waals surface area contributed by atoms with Gasteiger partial charge in [-0.1, -0.05) is 12.1 Å². The molecule has 0 N–H and O–H groups in total. The molecule has 0 saturated heterocycles. The molecule has 146 valence electrons. The van der Waals surface area contributed by atoms with Gasteiger partial charge in [-0.05, 0) is 29.8 Å². The van der Waals surface area contributed by atoms with Crippen LogP contribution in [0.1, 0.15) is 5.56 Å². The van der Waals surface area contributed by atoms with Crippen molar-refractivity contribution in [3.63, 3.8) is 0 Å². The summed E-state index contributed by atoms with van der Waals surface area (Å²) >= 11 is 0. The van der Waals surface area contributed by atoms with E-state index in [9.17, 15) is 8.78 Å². The molecule has 7 nitrogen and oxygen atoms in total. The van der Waals surface area contributed by atoms with Crippen LogP contribution in [0, 0.1) is 11.6 Å². The molecule has 9 heteroatoms. The first-order chi connectivity index (χ1) is 14.2. The van der Waals surface area contributed by atoms with E-state index in [0.717, 1.165) is 12.1 Å². The number of hydrogen-bond acceptors (Lipinski definition) is 6. The first kappa shape index (κ1) is 17.4. The van der Waals surface area contributed by atoms with Crippen LogP contribution >= 0.6 is 0 Å². The van der Waals surface area contributed by atoms with Gasteiger partial charge in [-0.3, -0.25) is 4.98 Å². The highest BCUT2D eigenvalue weighted by molar-refractivity contribution is 5.71. The van der Waals surface area contributed by atoms with E-state index >= 15 is 0 Å². The van der Waals surface area contributed by atoms with E-state index in [2.05, 4.69) is 15.2 Å². The third-order valence-corrected chi connectivity index (χ3v) is 4.55. The van der Waals surface area contributed by atoms with Crippen LogP contribution in [0.4, 0.5) is 8.78 Å². The molecule has 0 aliphatic carbocycles. The van der Waals surface area contributed by atoms with E-state index in [1.807, 2.05) is 18.2 Å². The normalized spacial score (nSPS) is 12.5. The fraction of sp³-hybridized carbons (Fsp3) is 0.150. The number of nitrogens with zero attached hydrogens (tertiary/aromatic N) is 4. The van der Waals surface area contributed by atoms with Gasteiger partial charge in [0.25, 0.3) is 0 Å². The maximum absolute atomic E-state index is 13.4. The minimum absolute atomic E-state index is 0.141. The molecular formula is C20H14F2N4O3. The molecule has 0 radical (unpaired) electrons. The Bertz CT molecular complexity index is 1210. The summed E-state index contributed by atoms with van der Waals surface area (Å²) in [6, 6.07) is 9.30. The lowest BCUT2D eigenvalue weighted by Crippen LogP contribution is -2.06. The zero-order chi connectivity index (χ0) is 19.8. The number of fused-ring (bicyclic) bond motifs is 2. The molecule has 29 heavy (non-hydrogen) atoms. The number of para-hydroxylation sites is 1. The van der Waals surface area contributed by atoms with E-state index in [-0.39, 0.29) is 13.4 Å². The average Bonchev–Trinajstić information content (AvgIpc) is 3.38. The van der Waals surface area contributed by atoms with Crippen LogP contribution in [0.5, 0.6) is 17.4 Å². The highest BCUT2D eigenvalue weighted by Gasteiger charge is 2.23. The summed E-state index contributed by atoms with van der Waals surface area (Å²) in [5.41, 5.74) is 1.84. The second-order valence-electron chi connectivity index (χ2n) is 6.35. The molecular weight excluding hydrogens is 382 g/mol. The van der Waals surface area contributed by atoms with Gasteiger partial charge in [-0.2, -0.15) is 0 Å². The van der Waals surface area contributed by atoms with Crippen molar-refractivity contribution in [3.05, 3.63) is 66.0 Å². The van der Waals surface area contributed by atoms with Crippen LogP contribution in [-0.4, -0.2) is 33.0 Å². The van der Waals surface area contributed by atoms with Crippen molar-refractivity contribution >= 4 is 5.65 Å². The summed E-state index contributed by atoms with van der Waals surface area (Å²) in [5, 5.41) is 8.41. The largest absolute Gasteiger partial charge is 0.477 e. The third-order valence-electron chi connectivity index (χ3n) is 4.55. The Morgan fingerprint density at radius 2 is 1.97 bits per heavy atom. The standard InChI is InChI=1S/C20H14F2N4O3/c21-14-5-4-12(8-15(14)22)6-7-27-18-10-23-9-17-24-25-20(26(17)18)13-2-1-3-16-19(13)29-11-28-16/h1-5,8-10H,6-7,11H2. The Balaban J connectivity index is 1.45. The number of ether oxygens (including phenoxy) is 3. The molecule has 4 aromatic rings. The molecule has 0 atom stereocenters. The van der Waals surface area contributed by atoms with E-state index < -0.39 is 11.6 Å². The average molecular weight is 396 g/mol. The summed E-state index contributed by atoms with van der Waals surface area (Å²) in [5.74, 6) is 0.404. The smallest absolute Gasteiger partial charge is 0.231 e. The van der Waals surface area contributed by atoms with Gasteiger partial charge < -0.3 is 14.2 Å². The van der Waals surface area contributed by atoms with Gasteiger partial charge in [0.2, 0.25) is 12.7 Å². The molecule has 1 aliphatic heterocycles.